The lowest BCUT2D eigenvalue weighted by molar-refractivity contribution is -0.132. The molecule has 9 heteroatoms. The molecule has 150 valence electrons. The number of halogens is 2. The number of amides is 1. The molecule has 1 aliphatic heterocycles. The predicted molar refractivity (Wildman–Crippen MR) is 99.8 cm³/mol. The van der Waals surface area contributed by atoms with E-state index in [2.05, 4.69) is 5.32 Å². The SMILES string of the molecule is O=C(CN(Cc1ccc(F)cc1)S(=O)(=O)c1ccc(F)cc1)N1CCNCC1. The number of piperazine rings is 1. The minimum atomic E-state index is -4.05. The van der Waals surface area contributed by atoms with Crippen molar-refractivity contribution in [1.82, 2.24) is 14.5 Å². The Bertz CT molecular complexity index is 912. The van der Waals surface area contributed by atoms with Gasteiger partial charge in [0.05, 0.1) is 11.4 Å². The van der Waals surface area contributed by atoms with Crippen molar-refractivity contribution in [1.29, 1.82) is 0 Å². The van der Waals surface area contributed by atoms with Crippen molar-refractivity contribution in [2.45, 2.75) is 11.4 Å². The molecule has 1 amide bonds. The van der Waals surface area contributed by atoms with Crippen molar-refractivity contribution in [3.05, 3.63) is 65.7 Å². The van der Waals surface area contributed by atoms with E-state index in [0.717, 1.165) is 28.6 Å². The van der Waals surface area contributed by atoms with Gasteiger partial charge in [0.2, 0.25) is 15.9 Å². The molecule has 0 spiro atoms. The molecule has 1 heterocycles. The molecule has 0 saturated carbocycles. The number of hydrogen-bond acceptors (Lipinski definition) is 4. The first kappa shape index (κ1) is 20.4. The molecule has 0 radical (unpaired) electrons. The first-order valence-corrected chi connectivity index (χ1v) is 10.3. The number of sulfonamides is 1. The molecule has 6 nitrogen and oxygen atoms in total. The average molecular weight is 409 g/mol. The predicted octanol–water partition coefficient (Wildman–Crippen LogP) is 1.59. The average Bonchev–Trinajstić information content (AvgIpc) is 2.70. The normalized spacial score (nSPS) is 15.0. The van der Waals surface area contributed by atoms with Gasteiger partial charge in [0.1, 0.15) is 11.6 Å². The Morgan fingerprint density at radius 2 is 1.50 bits per heavy atom. The molecule has 2 aromatic rings. The van der Waals surface area contributed by atoms with E-state index in [4.69, 9.17) is 0 Å². The number of nitrogens with one attached hydrogen (secondary N) is 1. The van der Waals surface area contributed by atoms with E-state index in [1.54, 1.807) is 4.90 Å². The van der Waals surface area contributed by atoms with Crippen molar-refractivity contribution in [3.63, 3.8) is 0 Å². The topological polar surface area (TPSA) is 69.7 Å². The fourth-order valence-electron chi connectivity index (χ4n) is 2.94. The summed E-state index contributed by atoms with van der Waals surface area (Å²) in [7, 11) is -4.05. The van der Waals surface area contributed by atoms with Crippen LogP contribution in [0.15, 0.2) is 53.4 Å². The van der Waals surface area contributed by atoms with Gasteiger partial charge in [-0.3, -0.25) is 4.79 Å². The van der Waals surface area contributed by atoms with Gasteiger partial charge in [-0.1, -0.05) is 12.1 Å². The first-order valence-electron chi connectivity index (χ1n) is 8.85. The first-order chi connectivity index (χ1) is 13.4. The monoisotopic (exact) mass is 409 g/mol. The highest BCUT2D eigenvalue weighted by molar-refractivity contribution is 7.89. The summed E-state index contributed by atoms with van der Waals surface area (Å²) in [6, 6.07) is 9.85. The molecular weight excluding hydrogens is 388 g/mol. The smallest absolute Gasteiger partial charge is 0.243 e. The van der Waals surface area contributed by atoms with Gasteiger partial charge < -0.3 is 10.2 Å². The number of hydrogen-bond donors (Lipinski definition) is 1. The molecule has 1 saturated heterocycles. The van der Waals surface area contributed by atoms with Gasteiger partial charge >= 0.3 is 0 Å². The molecule has 0 aromatic heterocycles. The second kappa shape index (κ2) is 8.76. The lowest BCUT2D eigenvalue weighted by atomic mass is 10.2. The summed E-state index contributed by atoms with van der Waals surface area (Å²) in [5.74, 6) is -1.30. The minimum absolute atomic E-state index is 0.0994. The largest absolute Gasteiger partial charge is 0.339 e. The van der Waals surface area contributed by atoms with Gasteiger partial charge in [0, 0.05) is 32.7 Å². The Hall–Kier alpha value is -2.36. The van der Waals surface area contributed by atoms with Crippen molar-refractivity contribution < 1.29 is 22.0 Å². The summed E-state index contributed by atoms with van der Waals surface area (Å²) < 4.78 is 53.6. The van der Waals surface area contributed by atoms with Crippen LogP contribution in [0.25, 0.3) is 0 Å². The van der Waals surface area contributed by atoms with Crippen LogP contribution >= 0.6 is 0 Å². The van der Waals surface area contributed by atoms with Crippen LogP contribution in [0.5, 0.6) is 0 Å². The molecule has 1 N–H and O–H groups in total. The van der Waals surface area contributed by atoms with Crippen LogP contribution in [-0.4, -0.2) is 56.3 Å². The summed E-state index contributed by atoms with van der Waals surface area (Å²) in [5.41, 5.74) is 0.542. The van der Waals surface area contributed by atoms with Crippen molar-refractivity contribution >= 4 is 15.9 Å². The van der Waals surface area contributed by atoms with Gasteiger partial charge in [-0.2, -0.15) is 4.31 Å². The van der Waals surface area contributed by atoms with Crippen molar-refractivity contribution in [2.75, 3.05) is 32.7 Å². The maximum atomic E-state index is 13.2. The zero-order valence-corrected chi connectivity index (χ0v) is 16.0. The standard InChI is InChI=1S/C19H21F2N3O3S/c20-16-3-1-15(2-4-16)13-24(14-19(25)23-11-9-22-10-12-23)28(26,27)18-7-5-17(21)6-8-18/h1-8,22H,9-14H2. The molecule has 1 aliphatic rings. The highest BCUT2D eigenvalue weighted by atomic mass is 32.2. The molecule has 0 unspecified atom stereocenters. The van der Waals surface area contributed by atoms with Crippen LogP contribution in [0.4, 0.5) is 8.78 Å². The molecule has 0 bridgehead atoms. The zero-order valence-electron chi connectivity index (χ0n) is 15.1. The molecule has 2 aromatic carbocycles. The Kier molecular flexibility index (Phi) is 6.38. The second-order valence-corrected chi connectivity index (χ2v) is 8.42. The number of nitrogens with zero attached hydrogens (tertiary/aromatic N) is 2. The number of rotatable bonds is 6. The number of carbonyl (C=O) groups is 1. The van der Waals surface area contributed by atoms with Crippen molar-refractivity contribution in [2.24, 2.45) is 0 Å². The Labute approximate surface area is 162 Å². The lowest BCUT2D eigenvalue weighted by Crippen LogP contribution is -2.50. The third-order valence-corrected chi connectivity index (χ3v) is 6.31. The summed E-state index contributed by atoms with van der Waals surface area (Å²) >= 11 is 0. The molecule has 1 fully saturated rings. The van der Waals surface area contributed by atoms with Crippen LogP contribution in [0.3, 0.4) is 0 Å². The molecule has 28 heavy (non-hydrogen) atoms. The maximum absolute atomic E-state index is 13.2. The summed E-state index contributed by atoms with van der Waals surface area (Å²) in [6.45, 7) is 1.84. The Morgan fingerprint density at radius 1 is 0.964 bits per heavy atom. The molecule has 3 rings (SSSR count). The van der Waals surface area contributed by atoms with E-state index in [0.29, 0.717) is 31.7 Å². The number of benzene rings is 2. The second-order valence-electron chi connectivity index (χ2n) is 6.48. The summed E-state index contributed by atoms with van der Waals surface area (Å²) in [5, 5.41) is 3.13. The highest BCUT2D eigenvalue weighted by Crippen LogP contribution is 2.19. The maximum Gasteiger partial charge on any atom is 0.243 e. The highest BCUT2D eigenvalue weighted by Gasteiger charge is 2.29. The fourth-order valence-corrected chi connectivity index (χ4v) is 4.32. The molecule has 0 atom stereocenters. The molecule has 0 aliphatic carbocycles. The van der Waals surface area contributed by atoms with Crippen LogP contribution in [0.2, 0.25) is 0 Å². The zero-order chi connectivity index (χ0) is 20.1. The van der Waals surface area contributed by atoms with Crippen LogP contribution in [0.1, 0.15) is 5.56 Å². The summed E-state index contributed by atoms with van der Waals surface area (Å²) in [6.07, 6.45) is 0. The Morgan fingerprint density at radius 3 is 2.07 bits per heavy atom. The quantitative estimate of drug-likeness (QED) is 0.787. The van der Waals surface area contributed by atoms with Crippen LogP contribution in [-0.2, 0) is 21.4 Å². The Balaban J connectivity index is 1.87. The summed E-state index contributed by atoms with van der Waals surface area (Å²) in [4.78, 5) is 14.2. The van der Waals surface area contributed by atoms with Gasteiger partial charge in [-0.15, -0.1) is 0 Å². The van der Waals surface area contributed by atoms with E-state index in [-0.39, 0.29) is 23.9 Å². The van der Waals surface area contributed by atoms with E-state index in [1.165, 1.54) is 24.3 Å². The molecular formula is C19H21F2N3O3S. The van der Waals surface area contributed by atoms with Crippen LogP contribution < -0.4 is 5.32 Å². The van der Waals surface area contributed by atoms with Gasteiger partial charge in [-0.25, -0.2) is 17.2 Å². The van der Waals surface area contributed by atoms with Gasteiger partial charge in [-0.05, 0) is 42.0 Å². The van der Waals surface area contributed by atoms with Crippen molar-refractivity contribution in [3.8, 4) is 0 Å². The van der Waals surface area contributed by atoms with Crippen LogP contribution in [0, 0.1) is 11.6 Å². The third kappa shape index (κ3) is 4.92. The van der Waals surface area contributed by atoms with E-state index >= 15 is 0 Å². The third-order valence-electron chi connectivity index (χ3n) is 4.50. The van der Waals surface area contributed by atoms with E-state index in [1.807, 2.05) is 0 Å². The van der Waals surface area contributed by atoms with E-state index < -0.39 is 21.7 Å². The lowest BCUT2D eigenvalue weighted by Gasteiger charge is -2.30. The van der Waals surface area contributed by atoms with Gasteiger partial charge in [0.15, 0.2) is 0 Å². The number of carbonyl (C=O) groups excluding carboxylic acids is 1. The minimum Gasteiger partial charge on any atom is -0.339 e. The van der Waals surface area contributed by atoms with E-state index in [9.17, 15) is 22.0 Å². The van der Waals surface area contributed by atoms with Gasteiger partial charge in [0.25, 0.3) is 0 Å². The fraction of sp³-hybridized carbons (Fsp3) is 0.316.